The van der Waals surface area contributed by atoms with Gasteiger partial charge in [0.25, 0.3) is 5.56 Å². The van der Waals surface area contributed by atoms with Crippen LogP contribution in [-0.2, 0) is 6.42 Å². The number of nitrogens with one attached hydrogen (secondary N) is 1. The maximum absolute atomic E-state index is 11.3. The molecule has 0 unspecified atom stereocenters. The maximum Gasteiger partial charge on any atom is 0.270 e. The second-order valence-corrected chi connectivity index (χ2v) is 3.13. The van der Waals surface area contributed by atoms with Crippen LogP contribution >= 0.6 is 0 Å². The van der Waals surface area contributed by atoms with Crippen LogP contribution in [-0.4, -0.2) is 9.97 Å². The molecule has 0 aliphatic heterocycles. The monoisotopic (exact) mass is 166 g/mol. The van der Waals surface area contributed by atoms with E-state index in [1.807, 2.05) is 20.8 Å². The molecule has 66 valence electrons. The summed E-state index contributed by atoms with van der Waals surface area (Å²) >= 11 is 0. The van der Waals surface area contributed by atoms with Gasteiger partial charge in [-0.25, -0.2) is 0 Å². The van der Waals surface area contributed by atoms with Crippen LogP contribution in [0.4, 0.5) is 0 Å². The molecular weight excluding hydrogens is 152 g/mol. The molecule has 0 atom stereocenters. The number of hydrogen-bond acceptors (Lipinski definition) is 2. The first kappa shape index (κ1) is 8.97. The number of nitrogens with zero attached hydrogens (tertiary/aromatic N) is 1. The predicted octanol–water partition coefficient (Wildman–Crippen LogP) is 1.46. The van der Waals surface area contributed by atoms with Gasteiger partial charge in [-0.3, -0.25) is 9.78 Å². The molecule has 3 heteroatoms. The van der Waals surface area contributed by atoms with Gasteiger partial charge in [0.05, 0.1) is 0 Å². The highest BCUT2D eigenvalue weighted by Crippen LogP contribution is 2.04. The van der Waals surface area contributed by atoms with Crippen LogP contribution in [0.1, 0.15) is 38.1 Å². The van der Waals surface area contributed by atoms with Crippen LogP contribution in [0.3, 0.4) is 0 Å². The lowest BCUT2D eigenvalue weighted by Crippen LogP contribution is -2.17. The summed E-state index contributed by atoms with van der Waals surface area (Å²) in [7, 11) is 0. The van der Waals surface area contributed by atoms with Crippen molar-refractivity contribution in [3.63, 3.8) is 0 Å². The van der Waals surface area contributed by atoms with E-state index in [4.69, 9.17) is 0 Å². The van der Waals surface area contributed by atoms with Crippen LogP contribution < -0.4 is 5.56 Å². The zero-order chi connectivity index (χ0) is 9.14. The lowest BCUT2D eigenvalue weighted by molar-refractivity contribution is 0.783. The number of H-pyrrole nitrogens is 1. The molecule has 0 fully saturated rings. The van der Waals surface area contributed by atoms with Gasteiger partial charge in [-0.1, -0.05) is 20.8 Å². The molecule has 0 radical (unpaired) electrons. The third kappa shape index (κ3) is 1.72. The highest BCUT2D eigenvalue weighted by Gasteiger charge is 2.05. The first-order valence-corrected chi connectivity index (χ1v) is 4.23. The Labute approximate surface area is 71.9 Å². The number of aromatic nitrogens is 2. The van der Waals surface area contributed by atoms with Crippen LogP contribution in [0, 0.1) is 0 Å². The molecule has 0 saturated heterocycles. The summed E-state index contributed by atoms with van der Waals surface area (Å²) in [5.41, 5.74) is 1.46. The predicted molar refractivity (Wildman–Crippen MR) is 48.3 cm³/mol. The van der Waals surface area contributed by atoms with E-state index in [1.165, 1.54) is 0 Å². The molecule has 1 N–H and O–H groups in total. The van der Waals surface area contributed by atoms with Gasteiger partial charge in [0.15, 0.2) is 0 Å². The lowest BCUT2D eigenvalue weighted by atomic mass is 10.1. The SMILES string of the molecule is CCc1cnc(C(C)C)c(=O)[nH]1. The molecule has 3 nitrogen and oxygen atoms in total. The molecule has 0 saturated carbocycles. The van der Waals surface area contributed by atoms with E-state index in [9.17, 15) is 4.79 Å². The molecule has 0 amide bonds. The van der Waals surface area contributed by atoms with Gasteiger partial charge in [-0.15, -0.1) is 0 Å². The number of hydrogen-bond donors (Lipinski definition) is 1. The quantitative estimate of drug-likeness (QED) is 0.722. The highest BCUT2D eigenvalue weighted by atomic mass is 16.1. The first-order valence-electron chi connectivity index (χ1n) is 4.23. The van der Waals surface area contributed by atoms with Crippen molar-refractivity contribution in [2.75, 3.05) is 0 Å². The van der Waals surface area contributed by atoms with Gasteiger partial charge in [0, 0.05) is 17.8 Å². The number of aryl methyl sites for hydroxylation is 1. The van der Waals surface area contributed by atoms with E-state index < -0.39 is 0 Å². The minimum Gasteiger partial charge on any atom is -0.323 e. The molecule has 1 aromatic heterocycles. The molecule has 0 aliphatic carbocycles. The van der Waals surface area contributed by atoms with Crippen molar-refractivity contribution in [1.82, 2.24) is 9.97 Å². The fourth-order valence-electron chi connectivity index (χ4n) is 1.04. The van der Waals surface area contributed by atoms with E-state index >= 15 is 0 Å². The zero-order valence-corrected chi connectivity index (χ0v) is 7.72. The molecule has 1 heterocycles. The Morgan fingerprint density at radius 3 is 2.67 bits per heavy atom. The van der Waals surface area contributed by atoms with Gasteiger partial charge in [-0.2, -0.15) is 0 Å². The third-order valence-electron chi connectivity index (χ3n) is 1.79. The van der Waals surface area contributed by atoms with Crippen LogP contribution in [0.2, 0.25) is 0 Å². The topological polar surface area (TPSA) is 45.8 Å². The Bertz CT molecular complexity index is 315. The van der Waals surface area contributed by atoms with Crippen molar-refractivity contribution in [2.24, 2.45) is 0 Å². The summed E-state index contributed by atoms with van der Waals surface area (Å²) in [6.07, 6.45) is 2.55. The summed E-state index contributed by atoms with van der Waals surface area (Å²) in [6, 6.07) is 0. The molecule has 0 aromatic carbocycles. The van der Waals surface area contributed by atoms with Crippen molar-refractivity contribution in [3.05, 3.63) is 27.9 Å². The van der Waals surface area contributed by atoms with E-state index in [-0.39, 0.29) is 11.5 Å². The molecule has 1 rings (SSSR count). The Morgan fingerprint density at radius 1 is 1.58 bits per heavy atom. The minimum atomic E-state index is -0.0515. The van der Waals surface area contributed by atoms with Crippen molar-refractivity contribution < 1.29 is 0 Å². The molecule has 0 spiro atoms. The molecular formula is C9H14N2O. The summed E-state index contributed by atoms with van der Waals surface area (Å²) in [5.74, 6) is 0.194. The van der Waals surface area contributed by atoms with Gasteiger partial charge >= 0.3 is 0 Å². The lowest BCUT2D eigenvalue weighted by Gasteiger charge is -2.03. The molecule has 12 heavy (non-hydrogen) atoms. The summed E-state index contributed by atoms with van der Waals surface area (Å²) in [6.45, 7) is 5.91. The Balaban J connectivity index is 3.12. The Morgan fingerprint density at radius 2 is 2.25 bits per heavy atom. The van der Waals surface area contributed by atoms with Gasteiger partial charge < -0.3 is 4.98 Å². The molecule has 1 aromatic rings. The average Bonchev–Trinajstić information content (AvgIpc) is 2.03. The fourth-order valence-corrected chi connectivity index (χ4v) is 1.04. The van der Waals surface area contributed by atoms with Crippen molar-refractivity contribution in [1.29, 1.82) is 0 Å². The van der Waals surface area contributed by atoms with Crippen molar-refractivity contribution in [3.8, 4) is 0 Å². The second-order valence-electron chi connectivity index (χ2n) is 3.13. The minimum absolute atomic E-state index is 0.0515. The van der Waals surface area contributed by atoms with Crippen LogP contribution in [0.5, 0.6) is 0 Å². The summed E-state index contributed by atoms with van der Waals surface area (Å²) in [5, 5.41) is 0. The van der Waals surface area contributed by atoms with E-state index in [1.54, 1.807) is 6.20 Å². The van der Waals surface area contributed by atoms with Gasteiger partial charge in [0.2, 0.25) is 0 Å². The zero-order valence-electron chi connectivity index (χ0n) is 7.72. The second kappa shape index (κ2) is 3.52. The number of aromatic amines is 1. The largest absolute Gasteiger partial charge is 0.323 e. The standard InChI is InChI=1S/C9H14N2O/c1-4-7-5-10-8(6(2)3)9(12)11-7/h5-6H,4H2,1-3H3,(H,11,12). The summed E-state index contributed by atoms with van der Waals surface area (Å²) in [4.78, 5) is 18.2. The van der Waals surface area contributed by atoms with Crippen LogP contribution in [0.15, 0.2) is 11.0 Å². The van der Waals surface area contributed by atoms with Crippen molar-refractivity contribution >= 4 is 0 Å². The number of rotatable bonds is 2. The smallest absolute Gasteiger partial charge is 0.270 e. The molecule has 0 aliphatic rings. The van der Waals surface area contributed by atoms with E-state index in [2.05, 4.69) is 9.97 Å². The summed E-state index contributed by atoms with van der Waals surface area (Å²) < 4.78 is 0. The van der Waals surface area contributed by atoms with E-state index in [0.29, 0.717) is 5.69 Å². The van der Waals surface area contributed by atoms with E-state index in [0.717, 1.165) is 12.1 Å². The normalized spacial score (nSPS) is 10.7. The van der Waals surface area contributed by atoms with Gasteiger partial charge in [-0.05, 0) is 6.42 Å². The fraction of sp³-hybridized carbons (Fsp3) is 0.556. The highest BCUT2D eigenvalue weighted by molar-refractivity contribution is 5.05. The Kier molecular flexibility index (Phi) is 2.63. The third-order valence-corrected chi connectivity index (χ3v) is 1.79. The first-order chi connectivity index (χ1) is 5.65. The average molecular weight is 166 g/mol. The van der Waals surface area contributed by atoms with Gasteiger partial charge in [0.1, 0.15) is 5.69 Å². The van der Waals surface area contributed by atoms with Crippen LogP contribution in [0.25, 0.3) is 0 Å². The van der Waals surface area contributed by atoms with Crippen molar-refractivity contribution in [2.45, 2.75) is 33.1 Å². The maximum atomic E-state index is 11.3. The molecule has 0 bridgehead atoms. The Hall–Kier alpha value is -1.12.